The summed E-state index contributed by atoms with van der Waals surface area (Å²) in [5, 5.41) is 2.72. The van der Waals surface area contributed by atoms with Gasteiger partial charge in [0.05, 0.1) is 12.1 Å². The van der Waals surface area contributed by atoms with Crippen molar-refractivity contribution in [2.45, 2.75) is 31.9 Å². The second-order valence-corrected chi connectivity index (χ2v) is 7.68. The first-order chi connectivity index (χ1) is 10.4. The highest BCUT2D eigenvalue weighted by atomic mass is 32.2. The molecule has 1 aliphatic rings. The van der Waals surface area contributed by atoms with Gasteiger partial charge in [-0.2, -0.15) is 0 Å². The molecule has 1 aromatic carbocycles. The summed E-state index contributed by atoms with van der Waals surface area (Å²) in [5.74, 6) is -1.56. The Kier molecular flexibility index (Phi) is 5.52. The standard InChI is InChI=1S/C15H20FNO4S/c1-2-22(19,20)10-14(18)17-15(13-4-3-9-21-13)11-5-7-12(16)8-6-11/h5-8,13,15H,2-4,9-10H2,1H3,(H,17,18). The third-order valence-corrected chi connectivity index (χ3v) is 5.25. The van der Waals surface area contributed by atoms with Crippen molar-refractivity contribution >= 4 is 15.7 Å². The molecule has 0 saturated carbocycles. The largest absolute Gasteiger partial charge is 0.376 e. The Hall–Kier alpha value is -1.47. The number of halogens is 1. The van der Waals surface area contributed by atoms with E-state index in [9.17, 15) is 17.6 Å². The maximum atomic E-state index is 13.1. The maximum absolute atomic E-state index is 13.1. The van der Waals surface area contributed by atoms with Crippen molar-refractivity contribution in [3.63, 3.8) is 0 Å². The summed E-state index contributed by atoms with van der Waals surface area (Å²) in [5.41, 5.74) is 0.704. The molecule has 0 bridgehead atoms. The van der Waals surface area contributed by atoms with Crippen molar-refractivity contribution in [2.24, 2.45) is 0 Å². The second-order valence-electron chi connectivity index (χ2n) is 5.32. The Balaban J connectivity index is 2.14. The number of hydrogen-bond donors (Lipinski definition) is 1. The number of rotatable bonds is 6. The Morgan fingerprint density at radius 1 is 1.41 bits per heavy atom. The van der Waals surface area contributed by atoms with Gasteiger partial charge < -0.3 is 10.1 Å². The van der Waals surface area contributed by atoms with E-state index in [1.54, 1.807) is 12.1 Å². The number of benzene rings is 1. The average molecular weight is 329 g/mol. The molecule has 0 aliphatic carbocycles. The molecule has 7 heteroatoms. The molecule has 0 spiro atoms. The van der Waals surface area contributed by atoms with Crippen molar-refractivity contribution in [3.05, 3.63) is 35.6 Å². The molecule has 1 aliphatic heterocycles. The van der Waals surface area contributed by atoms with Crippen molar-refractivity contribution < 1.29 is 22.3 Å². The highest BCUT2D eigenvalue weighted by molar-refractivity contribution is 7.92. The highest BCUT2D eigenvalue weighted by Crippen LogP contribution is 2.27. The van der Waals surface area contributed by atoms with E-state index in [0.717, 1.165) is 12.8 Å². The summed E-state index contributed by atoms with van der Waals surface area (Å²) in [6, 6.07) is 5.31. The number of nitrogens with one attached hydrogen (secondary N) is 1. The smallest absolute Gasteiger partial charge is 0.235 e. The molecule has 1 heterocycles. The fourth-order valence-corrected chi connectivity index (χ4v) is 3.13. The van der Waals surface area contributed by atoms with Crippen LogP contribution in [0.3, 0.4) is 0 Å². The van der Waals surface area contributed by atoms with Crippen LogP contribution in [0, 0.1) is 5.82 Å². The number of carbonyl (C=O) groups is 1. The lowest BCUT2D eigenvalue weighted by atomic mass is 9.99. The van der Waals surface area contributed by atoms with E-state index < -0.39 is 27.5 Å². The van der Waals surface area contributed by atoms with Gasteiger partial charge in [0.1, 0.15) is 11.6 Å². The molecule has 2 atom stereocenters. The Morgan fingerprint density at radius 3 is 2.64 bits per heavy atom. The van der Waals surface area contributed by atoms with Crippen molar-refractivity contribution in [2.75, 3.05) is 18.1 Å². The van der Waals surface area contributed by atoms with Gasteiger partial charge in [0.25, 0.3) is 0 Å². The maximum Gasteiger partial charge on any atom is 0.235 e. The molecule has 1 fully saturated rings. The van der Waals surface area contributed by atoms with Crippen LogP contribution in [-0.2, 0) is 19.4 Å². The van der Waals surface area contributed by atoms with Crippen molar-refractivity contribution in [1.29, 1.82) is 0 Å². The van der Waals surface area contributed by atoms with Crippen LogP contribution >= 0.6 is 0 Å². The molecule has 0 aromatic heterocycles. The third kappa shape index (κ3) is 4.51. The molecule has 1 amide bonds. The first-order valence-electron chi connectivity index (χ1n) is 7.28. The van der Waals surface area contributed by atoms with Gasteiger partial charge in [-0.3, -0.25) is 4.79 Å². The molecule has 1 N–H and O–H groups in total. The molecular weight excluding hydrogens is 309 g/mol. The van der Waals surface area contributed by atoms with Gasteiger partial charge in [-0.1, -0.05) is 19.1 Å². The van der Waals surface area contributed by atoms with Gasteiger partial charge in [-0.25, -0.2) is 12.8 Å². The summed E-state index contributed by atoms with van der Waals surface area (Å²) >= 11 is 0. The average Bonchev–Trinajstić information content (AvgIpc) is 2.99. The monoisotopic (exact) mass is 329 g/mol. The number of ether oxygens (including phenoxy) is 1. The normalized spacial score (nSPS) is 19.8. The van der Waals surface area contributed by atoms with Gasteiger partial charge in [0.15, 0.2) is 9.84 Å². The number of hydrogen-bond acceptors (Lipinski definition) is 4. The molecule has 2 rings (SSSR count). The van der Waals surface area contributed by atoms with Gasteiger partial charge >= 0.3 is 0 Å². The van der Waals surface area contributed by atoms with Crippen LogP contribution in [0.25, 0.3) is 0 Å². The van der Waals surface area contributed by atoms with Crippen molar-refractivity contribution in [3.8, 4) is 0 Å². The Morgan fingerprint density at radius 2 is 2.09 bits per heavy atom. The first-order valence-corrected chi connectivity index (χ1v) is 9.10. The van der Waals surface area contributed by atoms with Crippen LogP contribution in [-0.4, -0.2) is 38.5 Å². The molecule has 2 unspecified atom stereocenters. The van der Waals surface area contributed by atoms with E-state index in [1.807, 2.05) is 0 Å². The van der Waals surface area contributed by atoms with E-state index in [2.05, 4.69) is 5.32 Å². The summed E-state index contributed by atoms with van der Waals surface area (Å²) in [4.78, 5) is 12.0. The first kappa shape index (κ1) is 16.9. The van der Waals surface area contributed by atoms with Crippen LogP contribution in [0.1, 0.15) is 31.4 Å². The van der Waals surface area contributed by atoms with Crippen LogP contribution in [0.15, 0.2) is 24.3 Å². The number of carbonyl (C=O) groups excluding carboxylic acids is 1. The molecule has 22 heavy (non-hydrogen) atoms. The fourth-order valence-electron chi connectivity index (χ4n) is 2.44. The molecular formula is C15H20FNO4S. The zero-order chi connectivity index (χ0) is 16.2. The molecule has 1 aromatic rings. The highest BCUT2D eigenvalue weighted by Gasteiger charge is 2.29. The number of sulfone groups is 1. The van der Waals surface area contributed by atoms with Crippen LogP contribution in [0.5, 0.6) is 0 Å². The van der Waals surface area contributed by atoms with Crippen molar-refractivity contribution in [1.82, 2.24) is 5.32 Å². The van der Waals surface area contributed by atoms with Gasteiger partial charge in [0.2, 0.25) is 5.91 Å². The number of amides is 1. The summed E-state index contributed by atoms with van der Waals surface area (Å²) in [6.45, 7) is 2.10. The molecule has 0 radical (unpaired) electrons. The third-order valence-electron chi connectivity index (χ3n) is 3.67. The van der Waals surface area contributed by atoms with E-state index >= 15 is 0 Å². The summed E-state index contributed by atoms with van der Waals surface area (Å²) in [6.07, 6.45) is 1.42. The van der Waals surface area contributed by atoms with E-state index in [-0.39, 0.29) is 17.7 Å². The predicted octanol–water partition coefficient (Wildman–Crippen LogP) is 1.60. The van der Waals surface area contributed by atoms with E-state index in [4.69, 9.17) is 4.74 Å². The molecule has 122 valence electrons. The zero-order valence-corrected chi connectivity index (χ0v) is 13.2. The lowest BCUT2D eigenvalue weighted by Crippen LogP contribution is -2.39. The van der Waals surface area contributed by atoms with Gasteiger partial charge in [-0.15, -0.1) is 0 Å². The van der Waals surface area contributed by atoms with Crippen LogP contribution in [0.4, 0.5) is 4.39 Å². The lowest BCUT2D eigenvalue weighted by Gasteiger charge is -2.24. The SMILES string of the molecule is CCS(=O)(=O)CC(=O)NC(c1ccc(F)cc1)C1CCCO1. The van der Waals surface area contributed by atoms with Crippen LogP contribution < -0.4 is 5.32 Å². The van der Waals surface area contributed by atoms with Gasteiger partial charge in [0, 0.05) is 12.4 Å². The van der Waals surface area contributed by atoms with E-state index in [1.165, 1.54) is 19.1 Å². The predicted molar refractivity (Wildman–Crippen MR) is 80.6 cm³/mol. The lowest BCUT2D eigenvalue weighted by molar-refractivity contribution is -0.120. The molecule has 1 saturated heterocycles. The zero-order valence-electron chi connectivity index (χ0n) is 12.4. The minimum absolute atomic E-state index is 0.0818. The minimum atomic E-state index is -3.39. The molecule has 5 nitrogen and oxygen atoms in total. The topological polar surface area (TPSA) is 72.5 Å². The fraction of sp³-hybridized carbons (Fsp3) is 0.533. The Bertz CT molecular complexity index is 609. The quantitative estimate of drug-likeness (QED) is 0.860. The van der Waals surface area contributed by atoms with E-state index in [0.29, 0.717) is 12.2 Å². The van der Waals surface area contributed by atoms with Gasteiger partial charge in [-0.05, 0) is 30.5 Å². The minimum Gasteiger partial charge on any atom is -0.376 e. The second kappa shape index (κ2) is 7.19. The summed E-state index contributed by atoms with van der Waals surface area (Å²) < 4.78 is 41.8. The summed E-state index contributed by atoms with van der Waals surface area (Å²) in [7, 11) is -3.39. The Labute approximate surface area is 129 Å². The van der Waals surface area contributed by atoms with Crippen LogP contribution in [0.2, 0.25) is 0 Å².